The van der Waals surface area contributed by atoms with Gasteiger partial charge in [0.2, 0.25) is 11.8 Å². The van der Waals surface area contributed by atoms with Crippen LogP contribution in [0.3, 0.4) is 0 Å². The van der Waals surface area contributed by atoms with Gasteiger partial charge in [-0.25, -0.2) is 4.79 Å². The Morgan fingerprint density at radius 3 is 1.70 bits per heavy atom. The Balaban J connectivity index is 0.000000232. The highest BCUT2D eigenvalue weighted by Crippen LogP contribution is 2.24. The van der Waals surface area contributed by atoms with Crippen molar-refractivity contribution in [2.75, 3.05) is 62.7 Å². The van der Waals surface area contributed by atoms with Crippen LogP contribution in [-0.2, 0) is 20.7 Å². The molecule has 0 saturated carbocycles. The molecule has 2 heterocycles. The molecule has 5 rings (SSSR count). The van der Waals surface area contributed by atoms with Gasteiger partial charge in [0.05, 0.1) is 7.11 Å². The van der Waals surface area contributed by atoms with E-state index in [0.29, 0.717) is 31.8 Å². The number of anilines is 2. The Morgan fingerprint density at radius 2 is 1.18 bits per heavy atom. The first-order chi connectivity index (χ1) is 24.4. The molecule has 8 nitrogen and oxygen atoms in total. The topological polar surface area (TPSA) is 73.4 Å². The van der Waals surface area contributed by atoms with Crippen LogP contribution >= 0.6 is 0 Å². The van der Waals surface area contributed by atoms with Crippen molar-refractivity contribution in [2.24, 2.45) is 11.8 Å². The molecule has 2 aliphatic heterocycles. The third-order valence-electron chi connectivity index (χ3n) is 9.81. The number of ether oxygens (including phenoxy) is 1. The summed E-state index contributed by atoms with van der Waals surface area (Å²) >= 11 is 0. The molecule has 3 aromatic carbocycles. The van der Waals surface area contributed by atoms with Crippen LogP contribution in [0.1, 0.15) is 70.8 Å². The molecular weight excluding hydrogens is 624 g/mol. The monoisotopic (exact) mass is 682 g/mol. The predicted molar refractivity (Wildman–Crippen MR) is 203 cm³/mol. The maximum atomic E-state index is 12.5. The Hall–Kier alpha value is -4.17. The molecule has 2 saturated heterocycles. The van der Waals surface area contributed by atoms with E-state index in [-0.39, 0.29) is 23.8 Å². The highest BCUT2D eigenvalue weighted by Gasteiger charge is 2.28. The summed E-state index contributed by atoms with van der Waals surface area (Å²) in [6, 6.07) is 30.7. The summed E-state index contributed by atoms with van der Waals surface area (Å²) in [5.41, 5.74) is 3.40. The molecule has 3 amide bonds. The Labute approximate surface area is 300 Å². The van der Waals surface area contributed by atoms with Crippen LogP contribution in [0.2, 0.25) is 0 Å². The molecule has 50 heavy (non-hydrogen) atoms. The maximum absolute atomic E-state index is 12.5. The number of unbranched alkanes of at least 4 members (excludes halogenated alkanes) is 1. The predicted octanol–water partition coefficient (Wildman–Crippen LogP) is 8.07. The lowest BCUT2D eigenvalue weighted by molar-refractivity contribution is -0.119. The van der Waals surface area contributed by atoms with Crippen LogP contribution in [-0.4, -0.2) is 80.6 Å². The summed E-state index contributed by atoms with van der Waals surface area (Å²) in [5.74, 6) is 1.19. The number of aryl methyl sites for hydroxylation is 1. The molecule has 2 atom stereocenters. The van der Waals surface area contributed by atoms with Crippen molar-refractivity contribution in [3.05, 3.63) is 96.6 Å². The number of carbonyl (C=O) groups is 3. The molecule has 3 aromatic rings. The van der Waals surface area contributed by atoms with Gasteiger partial charge in [0, 0.05) is 56.9 Å². The molecule has 0 spiro atoms. The lowest BCUT2D eigenvalue weighted by atomic mass is 9.96. The van der Waals surface area contributed by atoms with Crippen LogP contribution in [0.25, 0.3) is 0 Å². The Kier molecular flexibility index (Phi) is 16.3. The fraction of sp³-hybridized carbons (Fsp3) is 0.500. The van der Waals surface area contributed by atoms with E-state index in [1.165, 1.54) is 57.9 Å². The number of amides is 3. The number of hydrogen-bond acceptors (Lipinski definition) is 5. The van der Waals surface area contributed by atoms with Gasteiger partial charge in [0.1, 0.15) is 0 Å². The molecule has 0 radical (unpaired) electrons. The van der Waals surface area contributed by atoms with E-state index in [1.54, 1.807) is 4.90 Å². The van der Waals surface area contributed by atoms with Gasteiger partial charge in [-0.2, -0.15) is 0 Å². The van der Waals surface area contributed by atoms with Gasteiger partial charge in [0.15, 0.2) is 0 Å². The quantitative estimate of drug-likeness (QED) is 0.171. The van der Waals surface area contributed by atoms with Gasteiger partial charge in [-0.15, -0.1) is 0 Å². The van der Waals surface area contributed by atoms with E-state index in [2.05, 4.69) is 47.4 Å². The summed E-state index contributed by atoms with van der Waals surface area (Å²) in [6.07, 6.45) is 8.85. The first-order valence-electron chi connectivity index (χ1n) is 18.7. The average molecular weight is 683 g/mol. The lowest BCUT2D eigenvalue weighted by Gasteiger charge is -2.35. The number of likely N-dealkylation sites (tertiary alicyclic amines) is 2. The molecule has 8 heteroatoms. The minimum Gasteiger partial charge on any atom is -0.453 e. The van der Waals surface area contributed by atoms with E-state index >= 15 is 0 Å². The second kappa shape index (κ2) is 21.1. The summed E-state index contributed by atoms with van der Waals surface area (Å²) in [6.45, 7) is 10.2. The summed E-state index contributed by atoms with van der Waals surface area (Å²) in [5, 5.41) is 0. The van der Waals surface area contributed by atoms with Crippen LogP contribution in [0.15, 0.2) is 91.0 Å². The van der Waals surface area contributed by atoms with Crippen molar-refractivity contribution >= 4 is 29.3 Å². The largest absolute Gasteiger partial charge is 0.453 e. The van der Waals surface area contributed by atoms with Crippen molar-refractivity contribution in [3.8, 4) is 0 Å². The number of piperidine rings is 2. The number of methoxy groups -OCH3 is 1. The molecule has 270 valence electrons. The lowest BCUT2D eigenvalue weighted by Crippen LogP contribution is -2.45. The molecule has 2 unspecified atom stereocenters. The standard InChI is InChI=1S/C25H34N2O.C17H24N2O3/c1-2-25(28)27(24-16-7-4-8-17-24)21-23-15-11-19-26(20-23)18-10-9-14-22-12-5-3-6-13-22;1-3-16(20)19(15-9-5-4-6-10-15)13-14-8-7-11-18(12-14)17(21)22-2/h3-8,12-13,16-17,23H,2,9-11,14-15,18-21H2,1H3;4-6,9-10,14H,3,7-8,11-13H2,1-2H3. The highest BCUT2D eigenvalue weighted by molar-refractivity contribution is 5.93. The van der Waals surface area contributed by atoms with E-state index < -0.39 is 0 Å². The van der Waals surface area contributed by atoms with Gasteiger partial charge in [-0.3, -0.25) is 9.59 Å². The zero-order chi connectivity index (χ0) is 35.6. The Bertz CT molecular complexity index is 1420. The van der Waals surface area contributed by atoms with Crippen molar-refractivity contribution in [1.82, 2.24) is 9.80 Å². The van der Waals surface area contributed by atoms with E-state index in [1.807, 2.05) is 72.2 Å². The number of nitrogens with zero attached hydrogens (tertiary/aromatic N) is 4. The third kappa shape index (κ3) is 12.3. The molecule has 0 bridgehead atoms. The normalized spacial score (nSPS) is 17.6. The number of carbonyl (C=O) groups excluding carboxylic acids is 3. The highest BCUT2D eigenvalue weighted by atomic mass is 16.5. The van der Waals surface area contributed by atoms with Crippen molar-refractivity contribution in [1.29, 1.82) is 0 Å². The molecule has 0 N–H and O–H groups in total. The summed E-state index contributed by atoms with van der Waals surface area (Å²) in [7, 11) is 1.41. The molecule has 2 fully saturated rings. The van der Waals surface area contributed by atoms with E-state index in [0.717, 1.165) is 43.9 Å². The van der Waals surface area contributed by atoms with Crippen LogP contribution in [0.5, 0.6) is 0 Å². The van der Waals surface area contributed by atoms with Gasteiger partial charge in [0.25, 0.3) is 0 Å². The third-order valence-corrected chi connectivity index (χ3v) is 9.81. The maximum Gasteiger partial charge on any atom is 0.409 e. The van der Waals surface area contributed by atoms with Gasteiger partial charge in [-0.05, 0) is 99.7 Å². The first kappa shape index (κ1) is 38.6. The fourth-order valence-electron chi connectivity index (χ4n) is 7.14. The summed E-state index contributed by atoms with van der Waals surface area (Å²) < 4.78 is 4.80. The molecule has 2 aliphatic rings. The average Bonchev–Trinajstić information content (AvgIpc) is 3.18. The fourth-order valence-corrected chi connectivity index (χ4v) is 7.14. The van der Waals surface area contributed by atoms with E-state index in [9.17, 15) is 14.4 Å². The zero-order valence-corrected chi connectivity index (χ0v) is 30.6. The van der Waals surface area contributed by atoms with E-state index in [4.69, 9.17) is 4.74 Å². The Morgan fingerprint density at radius 1 is 0.680 bits per heavy atom. The summed E-state index contributed by atoms with van der Waals surface area (Å²) in [4.78, 5) is 44.7. The van der Waals surface area contributed by atoms with Crippen molar-refractivity contribution < 1.29 is 19.1 Å². The van der Waals surface area contributed by atoms with Gasteiger partial charge < -0.3 is 24.3 Å². The van der Waals surface area contributed by atoms with Crippen LogP contribution in [0, 0.1) is 11.8 Å². The minimum atomic E-state index is -0.280. The first-order valence-corrected chi connectivity index (χ1v) is 18.7. The minimum absolute atomic E-state index is 0.112. The van der Waals surface area contributed by atoms with Crippen molar-refractivity contribution in [3.63, 3.8) is 0 Å². The van der Waals surface area contributed by atoms with Crippen molar-refractivity contribution in [2.45, 2.75) is 71.6 Å². The number of hydrogen-bond donors (Lipinski definition) is 0. The number of rotatable bonds is 13. The second-order valence-corrected chi connectivity index (χ2v) is 13.6. The molecule has 0 aliphatic carbocycles. The van der Waals surface area contributed by atoms with Gasteiger partial charge in [-0.1, -0.05) is 80.6 Å². The second-order valence-electron chi connectivity index (χ2n) is 13.6. The number of benzene rings is 3. The number of para-hydroxylation sites is 2. The molecule has 0 aromatic heterocycles. The van der Waals surface area contributed by atoms with Gasteiger partial charge >= 0.3 is 6.09 Å². The van der Waals surface area contributed by atoms with Crippen LogP contribution < -0.4 is 9.80 Å². The zero-order valence-electron chi connectivity index (χ0n) is 30.6. The smallest absolute Gasteiger partial charge is 0.409 e. The molecular formula is C42H58N4O4. The SMILES string of the molecule is CCC(=O)N(CC1CCCN(C(=O)OC)C1)c1ccccc1.CCC(=O)N(CC1CCCN(CCCCc2ccccc2)C1)c1ccccc1. The van der Waals surface area contributed by atoms with Crippen LogP contribution in [0.4, 0.5) is 16.2 Å².